The zero-order valence-electron chi connectivity index (χ0n) is 22.5. The maximum absolute atomic E-state index is 13.7. The normalized spacial score (nSPS) is 14.9. The Balaban J connectivity index is 1.32. The zero-order valence-corrected chi connectivity index (χ0v) is 22.5. The van der Waals surface area contributed by atoms with E-state index in [9.17, 15) is 14.4 Å². The highest BCUT2D eigenvalue weighted by atomic mass is 16.2. The van der Waals surface area contributed by atoms with Gasteiger partial charge in [-0.3, -0.25) is 9.59 Å². The summed E-state index contributed by atoms with van der Waals surface area (Å²) in [6.07, 6.45) is 1.89. The molecule has 4 aromatic rings. The standard InChI is InChI=1S/C31H34N6O3/c1-21(26-20-33-27-13-6-5-12-25(26)27)28(29(38)34-24-11-7-8-22(18-24)19-32)35-31(40)37-16-14-36(15-17-37)30(39)23-9-3-2-4-10-23/h2-13,18,20-21,28,33H,14-17,19,32H2,1H3,(H,34,38)(H,35,40)/t21-,28+/m0/s1. The molecule has 2 heterocycles. The highest BCUT2D eigenvalue weighted by molar-refractivity contribution is 5.98. The molecular weight excluding hydrogens is 504 g/mol. The number of fused-ring (bicyclic) bond motifs is 1. The maximum atomic E-state index is 13.7. The lowest BCUT2D eigenvalue weighted by Crippen LogP contribution is -2.57. The first-order chi connectivity index (χ1) is 19.4. The summed E-state index contributed by atoms with van der Waals surface area (Å²) in [6.45, 7) is 3.88. The van der Waals surface area contributed by atoms with Gasteiger partial charge in [0.1, 0.15) is 6.04 Å². The Kier molecular flexibility index (Phi) is 8.12. The van der Waals surface area contributed by atoms with Crippen LogP contribution in [0.2, 0.25) is 0 Å². The van der Waals surface area contributed by atoms with E-state index in [0.717, 1.165) is 22.0 Å². The molecule has 1 fully saturated rings. The van der Waals surface area contributed by atoms with Crippen molar-refractivity contribution < 1.29 is 14.4 Å². The van der Waals surface area contributed by atoms with Crippen LogP contribution in [0.25, 0.3) is 10.9 Å². The molecule has 2 atom stereocenters. The van der Waals surface area contributed by atoms with E-state index in [2.05, 4.69) is 15.6 Å². The number of hydrogen-bond acceptors (Lipinski definition) is 4. The fourth-order valence-electron chi connectivity index (χ4n) is 5.16. The number of nitrogens with two attached hydrogens (primary N) is 1. The first-order valence-corrected chi connectivity index (χ1v) is 13.5. The number of urea groups is 1. The summed E-state index contributed by atoms with van der Waals surface area (Å²) < 4.78 is 0. The molecule has 1 aromatic heterocycles. The van der Waals surface area contributed by atoms with Crippen molar-refractivity contribution in [3.63, 3.8) is 0 Å². The van der Waals surface area contributed by atoms with Crippen LogP contribution in [0.3, 0.4) is 0 Å². The summed E-state index contributed by atoms with van der Waals surface area (Å²) in [6, 6.07) is 23.2. The average Bonchev–Trinajstić information content (AvgIpc) is 3.44. The van der Waals surface area contributed by atoms with Gasteiger partial charge in [-0.2, -0.15) is 0 Å². The monoisotopic (exact) mass is 538 g/mol. The van der Waals surface area contributed by atoms with Crippen molar-refractivity contribution >= 4 is 34.4 Å². The van der Waals surface area contributed by atoms with E-state index in [1.807, 2.05) is 73.8 Å². The van der Waals surface area contributed by atoms with Gasteiger partial charge < -0.3 is 31.2 Å². The minimum absolute atomic E-state index is 0.0504. The van der Waals surface area contributed by atoms with Gasteiger partial charge in [0.05, 0.1) is 0 Å². The van der Waals surface area contributed by atoms with Gasteiger partial charge in [-0.1, -0.05) is 55.5 Å². The molecular formula is C31H34N6O3. The first-order valence-electron chi connectivity index (χ1n) is 13.5. The molecule has 9 nitrogen and oxygen atoms in total. The average molecular weight is 539 g/mol. The topological polar surface area (TPSA) is 124 Å². The highest BCUT2D eigenvalue weighted by Crippen LogP contribution is 2.28. The van der Waals surface area contributed by atoms with Crippen LogP contribution in [0, 0.1) is 0 Å². The Morgan fingerprint density at radius 2 is 1.60 bits per heavy atom. The number of H-pyrrole nitrogens is 1. The fourth-order valence-corrected chi connectivity index (χ4v) is 5.16. The number of aromatic amines is 1. The minimum Gasteiger partial charge on any atom is -0.361 e. The molecule has 5 N–H and O–H groups in total. The summed E-state index contributed by atoms with van der Waals surface area (Å²) in [5.41, 5.74) is 9.82. The number of carbonyl (C=O) groups is 3. The summed E-state index contributed by atoms with van der Waals surface area (Å²) in [4.78, 5) is 46.6. The van der Waals surface area contributed by atoms with Crippen molar-refractivity contribution in [2.45, 2.75) is 25.4 Å². The Morgan fingerprint density at radius 3 is 2.35 bits per heavy atom. The number of hydrogen-bond donors (Lipinski definition) is 4. The van der Waals surface area contributed by atoms with E-state index in [1.54, 1.807) is 28.0 Å². The molecule has 0 spiro atoms. The Morgan fingerprint density at radius 1 is 0.900 bits per heavy atom. The molecule has 5 rings (SSSR count). The van der Waals surface area contributed by atoms with Gasteiger partial charge in [-0.15, -0.1) is 0 Å². The maximum Gasteiger partial charge on any atom is 0.318 e. The lowest BCUT2D eigenvalue weighted by molar-refractivity contribution is -0.118. The summed E-state index contributed by atoms with van der Waals surface area (Å²) >= 11 is 0. The third-order valence-electron chi connectivity index (χ3n) is 7.48. The van der Waals surface area contributed by atoms with Crippen molar-refractivity contribution in [3.8, 4) is 0 Å². The zero-order chi connectivity index (χ0) is 28.1. The Labute approximate surface area is 233 Å². The third kappa shape index (κ3) is 5.84. The Hall–Kier alpha value is -4.63. The second kappa shape index (κ2) is 12.0. The van der Waals surface area contributed by atoms with E-state index in [1.165, 1.54) is 0 Å². The number of para-hydroxylation sites is 1. The van der Waals surface area contributed by atoms with Crippen molar-refractivity contribution in [2.24, 2.45) is 5.73 Å². The van der Waals surface area contributed by atoms with Gasteiger partial charge in [0.15, 0.2) is 0 Å². The number of benzene rings is 3. The van der Waals surface area contributed by atoms with Gasteiger partial charge >= 0.3 is 6.03 Å². The molecule has 206 valence electrons. The van der Waals surface area contributed by atoms with Crippen LogP contribution in [0.1, 0.15) is 34.3 Å². The van der Waals surface area contributed by atoms with Gasteiger partial charge in [-0.05, 0) is 41.5 Å². The summed E-state index contributed by atoms with van der Waals surface area (Å²) in [5, 5.41) is 6.96. The number of rotatable bonds is 7. The van der Waals surface area contributed by atoms with Crippen LogP contribution in [0.5, 0.6) is 0 Å². The van der Waals surface area contributed by atoms with Crippen LogP contribution in [-0.2, 0) is 11.3 Å². The lowest BCUT2D eigenvalue weighted by atomic mass is 9.92. The smallest absolute Gasteiger partial charge is 0.318 e. The highest BCUT2D eigenvalue weighted by Gasteiger charge is 2.32. The molecule has 0 saturated carbocycles. The number of nitrogens with one attached hydrogen (secondary N) is 3. The van der Waals surface area contributed by atoms with Crippen molar-refractivity contribution in [1.29, 1.82) is 0 Å². The molecule has 0 unspecified atom stereocenters. The second-order valence-corrected chi connectivity index (χ2v) is 10.0. The van der Waals surface area contributed by atoms with E-state index in [4.69, 9.17) is 5.73 Å². The number of amides is 4. The summed E-state index contributed by atoms with van der Waals surface area (Å²) in [5.74, 6) is -0.706. The molecule has 9 heteroatoms. The fraction of sp³-hybridized carbons (Fsp3) is 0.258. The SMILES string of the molecule is C[C@@H](c1c[nH]c2ccccc12)[C@@H](NC(=O)N1CCN(C(=O)c2ccccc2)CC1)C(=O)Nc1cccc(CN)c1. The second-order valence-electron chi connectivity index (χ2n) is 10.0. The van der Waals surface area contributed by atoms with Crippen molar-refractivity contribution in [3.05, 3.63) is 102 Å². The van der Waals surface area contributed by atoms with Crippen molar-refractivity contribution in [2.75, 3.05) is 31.5 Å². The third-order valence-corrected chi connectivity index (χ3v) is 7.48. The van der Waals surface area contributed by atoms with Crippen LogP contribution in [0.15, 0.2) is 85.1 Å². The number of anilines is 1. The molecule has 1 saturated heterocycles. The number of piperazine rings is 1. The van der Waals surface area contributed by atoms with Crippen LogP contribution < -0.4 is 16.4 Å². The molecule has 3 aromatic carbocycles. The number of nitrogens with zero attached hydrogens (tertiary/aromatic N) is 2. The number of carbonyl (C=O) groups excluding carboxylic acids is 3. The molecule has 0 bridgehead atoms. The molecule has 0 radical (unpaired) electrons. The van der Waals surface area contributed by atoms with Gasteiger partial charge in [-0.25, -0.2) is 4.79 Å². The van der Waals surface area contributed by atoms with Gasteiger partial charge in [0, 0.05) is 67.0 Å². The Bertz CT molecular complexity index is 1490. The van der Waals surface area contributed by atoms with Gasteiger partial charge in [0.2, 0.25) is 5.91 Å². The van der Waals surface area contributed by atoms with Crippen LogP contribution in [-0.4, -0.2) is 64.9 Å². The molecule has 1 aliphatic rings. The van der Waals surface area contributed by atoms with E-state index in [-0.39, 0.29) is 23.8 Å². The van der Waals surface area contributed by atoms with Crippen molar-refractivity contribution in [1.82, 2.24) is 20.1 Å². The van der Waals surface area contributed by atoms with Crippen LogP contribution in [0.4, 0.5) is 10.5 Å². The quantitative estimate of drug-likeness (QED) is 0.285. The van der Waals surface area contributed by atoms with E-state index < -0.39 is 6.04 Å². The molecule has 4 amide bonds. The largest absolute Gasteiger partial charge is 0.361 e. The molecule has 1 aliphatic heterocycles. The molecule has 0 aliphatic carbocycles. The van der Waals surface area contributed by atoms with Gasteiger partial charge in [0.25, 0.3) is 5.91 Å². The number of aromatic nitrogens is 1. The molecule has 40 heavy (non-hydrogen) atoms. The predicted molar refractivity (Wildman–Crippen MR) is 156 cm³/mol. The van der Waals surface area contributed by atoms with E-state index in [0.29, 0.717) is 44.0 Å². The lowest BCUT2D eigenvalue weighted by Gasteiger charge is -2.36. The minimum atomic E-state index is -0.850. The predicted octanol–water partition coefficient (Wildman–Crippen LogP) is 3.91. The van der Waals surface area contributed by atoms with Crippen LogP contribution >= 0.6 is 0 Å². The van der Waals surface area contributed by atoms with E-state index >= 15 is 0 Å². The summed E-state index contributed by atoms with van der Waals surface area (Å²) in [7, 11) is 0. The first kappa shape index (κ1) is 27.0.